The molecule has 0 amide bonds. The molecule has 0 fully saturated rings. The van der Waals surface area contributed by atoms with Crippen LogP contribution in [0.4, 0.5) is 0 Å². The number of esters is 3. The summed E-state index contributed by atoms with van der Waals surface area (Å²) in [7, 11) is 0. The second kappa shape index (κ2) is 57.0. The lowest BCUT2D eigenvalue weighted by molar-refractivity contribution is -0.167. The van der Waals surface area contributed by atoms with Crippen molar-refractivity contribution < 1.29 is 28.6 Å². The monoisotopic (exact) mass is 947 g/mol. The maximum absolute atomic E-state index is 12.8. The van der Waals surface area contributed by atoms with Crippen molar-refractivity contribution in [3.8, 4) is 0 Å². The molecule has 67 heavy (non-hydrogen) atoms. The summed E-state index contributed by atoms with van der Waals surface area (Å²) in [5, 5.41) is 0. The van der Waals surface area contributed by atoms with Crippen LogP contribution in [0, 0.1) is 0 Å². The highest BCUT2D eigenvalue weighted by Crippen LogP contribution is 2.18. The number of unbranched alkanes of at least 4 members (excludes halogenated alkanes) is 46. The van der Waals surface area contributed by atoms with E-state index in [0.29, 0.717) is 19.3 Å². The number of carbonyl (C=O) groups is 3. The van der Waals surface area contributed by atoms with E-state index in [1.807, 2.05) is 0 Å². The molecule has 0 N–H and O–H groups in total. The highest BCUT2D eigenvalue weighted by atomic mass is 16.6. The molecule has 0 saturated carbocycles. The molecule has 0 aliphatic heterocycles. The molecular formula is C61H118O6. The van der Waals surface area contributed by atoms with Gasteiger partial charge in [0, 0.05) is 19.3 Å². The second-order valence-corrected chi connectivity index (χ2v) is 21.0. The predicted molar refractivity (Wildman–Crippen MR) is 289 cm³/mol. The lowest BCUT2D eigenvalue weighted by atomic mass is 10.0. The SMILES string of the molecule is CCCCCCCCCCCCCCCCCCCCCCCCC(=O)OCC(COC(=O)CCCCCCCCCCCCCCC)OC(=O)CCCCCCCCCCCCCCCC. The minimum absolute atomic E-state index is 0.0609. The van der Waals surface area contributed by atoms with E-state index in [4.69, 9.17) is 14.2 Å². The molecule has 6 nitrogen and oxygen atoms in total. The number of ether oxygens (including phenoxy) is 3. The third-order valence-corrected chi connectivity index (χ3v) is 14.1. The van der Waals surface area contributed by atoms with Crippen LogP contribution in [0.2, 0.25) is 0 Å². The van der Waals surface area contributed by atoms with Crippen LogP contribution in [0.3, 0.4) is 0 Å². The van der Waals surface area contributed by atoms with Crippen LogP contribution in [0.1, 0.15) is 355 Å². The van der Waals surface area contributed by atoms with Crippen LogP contribution in [0.15, 0.2) is 0 Å². The summed E-state index contributed by atoms with van der Waals surface area (Å²) in [4.78, 5) is 38.2. The van der Waals surface area contributed by atoms with Crippen molar-refractivity contribution in [2.24, 2.45) is 0 Å². The van der Waals surface area contributed by atoms with E-state index in [2.05, 4.69) is 20.8 Å². The fourth-order valence-corrected chi connectivity index (χ4v) is 9.51. The van der Waals surface area contributed by atoms with Gasteiger partial charge in [-0.25, -0.2) is 0 Å². The third-order valence-electron chi connectivity index (χ3n) is 14.1. The van der Waals surface area contributed by atoms with E-state index < -0.39 is 6.10 Å². The zero-order chi connectivity index (χ0) is 48.6. The largest absolute Gasteiger partial charge is 0.462 e. The van der Waals surface area contributed by atoms with Gasteiger partial charge < -0.3 is 14.2 Å². The quantitative estimate of drug-likeness (QED) is 0.0343. The molecule has 0 bridgehead atoms. The molecule has 0 radical (unpaired) electrons. The lowest BCUT2D eigenvalue weighted by Crippen LogP contribution is -2.30. The van der Waals surface area contributed by atoms with Crippen LogP contribution in [-0.4, -0.2) is 37.2 Å². The molecule has 398 valence electrons. The zero-order valence-electron chi connectivity index (χ0n) is 45.7. The maximum atomic E-state index is 12.8. The fourth-order valence-electron chi connectivity index (χ4n) is 9.51. The van der Waals surface area contributed by atoms with Gasteiger partial charge in [0.15, 0.2) is 6.10 Å². The Labute approximate surface area is 418 Å². The standard InChI is InChI=1S/C61H118O6/c1-4-7-10-13-16-19-22-25-27-28-29-30-31-32-33-34-37-39-42-45-48-51-54-60(63)66-57-58(56-65-59(62)53-50-47-44-41-38-35-24-21-18-15-12-9-6-3)67-61(64)55-52-49-46-43-40-36-26-23-20-17-14-11-8-5-2/h58H,4-57H2,1-3H3. The Morgan fingerprint density at radius 3 is 0.597 bits per heavy atom. The van der Waals surface area contributed by atoms with Crippen LogP contribution in [0.5, 0.6) is 0 Å². The van der Waals surface area contributed by atoms with Crippen molar-refractivity contribution in [3.05, 3.63) is 0 Å². The summed E-state index contributed by atoms with van der Waals surface area (Å²) in [6, 6.07) is 0. The molecule has 1 atom stereocenters. The Kier molecular flexibility index (Phi) is 55.6. The van der Waals surface area contributed by atoms with Gasteiger partial charge in [-0.1, -0.05) is 316 Å². The first-order chi connectivity index (χ1) is 33.0. The topological polar surface area (TPSA) is 78.9 Å². The summed E-state index contributed by atoms with van der Waals surface area (Å²) in [5.41, 5.74) is 0. The summed E-state index contributed by atoms with van der Waals surface area (Å²) < 4.78 is 16.9. The Hall–Kier alpha value is -1.59. The number of carbonyl (C=O) groups excluding carboxylic acids is 3. The van der Waals surface area contributed by atoms with Crippen molar-refractivity contribution in [1.82, 2.24) is 0 Å². The van der Waals surface area contributed by atoms with E-state index in [1.165, 1.54) is 257 Å². The van der Waals surface area contributed by atoms with Crippen molar-refractivity contribution in [1.29, 1.82) is 0 Å². The minimum Gasteiger partial charge on any atom is -0.462 e. The number of rotatable bonds is 57. The van der Waals surface area contributed by atoms with Crippen LogP contribution in [0.25, 0.3) is 0 Å². The van der Waals surface area contributed by atoms with Gasteiger partial charge in [0.1, 0.15) is 13.2 Å². The van der Waals surface area contributed by atoms with Gasteiger partial charge in [-0.15, -0.1) is 0 Å². The molecule has 6 heteroatoms. The molecule has 0 rings (SSSR count). The number of hydrogen-bond donors (Lipinski definition) is 0. The molecule has 0 saturated heterocycles. The molecule has 0 aliphatic rings. The first-order valence-electron chi connectivity index (χ1n) is 30.5. The van der Waals surface area contributed by atoms with Gasteiger partial charge >= 0.3 is 17.9 Å². The van der Waals surface area contributed by atoms with Gasteiger partial charge in [0.25, 0.3) is 0 Å². The summed E-state index contributed by atoms with van der Waals surface area (Å²) in [6.07, 6.45) is 63.9. The first-order valence-corrected chi connectivity index (χ1v) is 30.5. The van der Waals surface area contributed by atoms with Gasteiger partial charge in [0.05, 0.1) is 0 Å². The Morgan fingerprint density at radius 2 is 0.403 bits per heavy atom. The van der Waals surface area contributed by atoms with Crippen molar-refractivity contribution >= 4 is 17.9 Å². The zero-order valence-corrected chi connectivity index (χ0v) is 45.7. The molecule has 1 unspecified atom stereocenters. The van der Waals surface area contributed by atoms with E-state index in [1.54, 1.807) is 0 Å². The Bertz CT molecular complexity index is 998. The first kappa shape index (κ1) is 65.4. The van der Waals surface area contributed by atoms with Gasteiger partial charge in [-0.2, -0.15) is 0 Å². The average molecular weight is 948 g/mol. The Morgan fingerprint density at radius 1 is 0.239 bits per heavy atom. The summed E-state index contributed by atoms with van der Waals surface area (Å²) in [5.74, 6) is -0.830. The van der Waals surface area contributed by atoms with Crippen molar-refractivity contribution in [2.75, 3.05) is 13.2 Å². The third kappa shape index (κ3) is 55.2. The van der Waals surface area contributed by atoms with Crippen LogP contribution < -0.4 is 0 Å². The van der Waals surface area contributed by atoms with Crippen molar-refractivity contribution in [3.63, 3.8) is 0 Å². The normalized spacial score (nSPS) is 11.9. The molecule has 0 aromatic carbocycles. The van der Waals surface area contributed by atoms with E-state index in [9.17, 15) is 14.4 Å². The van der Waals surface area contributed by atoms with E-state index >= 15 is 0 Å². The van der Waals surface area contributed by atoms with E-state index in [-0.39, 0.29) is 31.1 Å². The molecule has 0 aromatic rings. The lowest BCUT2D eigenvalue weighted by Gasteiger charge is -2.18. The number of hydrogen-bond acceptors (Lipinski definition) is 6. The second-order valence-electron chi connectivity index (χ2n) is 21.0. The molecule has 0 aliphatic carbocycles. The smallest absolute Gasteiger partial charge is 0.306 e. The van der Waals surface area contributed by atoms with Crippen molar-refractivity contribution in [2.45, 2.75) is 361 Å². The maximum Gasteiger partial charge on any atom is 0.306 e. The molecular weight excluding hydrogens is 829 g/mol. The Balaban J connectivity index is 4.21. The van der Waals surface area contributed by atoms with Gasteiger partial charge in [-0.3, -0.25) is 14.4 Å². The van der Waals surface area contributed by atoms with Crippen LogP contribution >= 0.6 is 0 Å². The van der Waals surface area contributed by atoms with Gasteiger partial charge in [-0.05, 0) is 19.3 Å². The highest BCUT2D eigenvalue weighted by Gasteiger charge is 2.19. The average Bonchev–Trinajstić information content (AvgIpc) is 3.33. The van der Waals surface area contributed by atoms with E-state index in [0.717, 1.165) is 57.8 Å². The summed E-state index contributed by atoms with van der Waals surface area (Å²) >= 11 is 0. The minimum atomic E-state index is -0.761. The summed E-state index contributed by atoms with van der Waals surface area (Å²) in [6.45, 7) is 6.71. The molecule has 0 spiro atoms. The molecule has 0 heterocycles. The predicted octanol–water partition coefficient (Wildman–Crippen LogP) is 20.3. The highest BCUT2D eigenvalue weighted by molar-refractivity contribution is 5.71. The van der Waals surface area contributed by atoms with Crippen LogP contribution in [-0.2, 0) is 28.6 Å². The fraction of sp³-hybridized carbons (Fsp3) is 0.951. The molecule has 0 aromatic heterocycles. The van der Waals surface area contributed by atoms with Gasteiger partial charge in [0.2, 0.25) is 0 Å².